The number of hydrogen-bond donors (Lipinski definition) is 2. The molecule has 17 heteroatoms. The molecule has 2 aromatic rings. The molecule has 0 spiro atoms. The average molecular weight is 530 g/mol. The molecule has 6 N–H and O–H groups in total. The van der Waals surface area contributed by atoms with Gasteiger partial charge < -0.3 is 26.4 Å². The van der Waals surface area contributed by atoms with Crippen LogP contribution in [0.2, 0.25) is 0 Å². The van der Waals surface area contributed by atoms with Crippen LogP contribution in [-0.4, -0.2) is 66.3 Å². The van der Waals surface area contributed by atoms with Crippen molar-refractivity contribution in [2.24, 2.45) is 50.8 Å². The molecule has 0 aliphatic carbocycles. The first-order valence-corrected chi connectivity index (χ1v) is 10.7. The van der Waals surface area contributed by atoms with E-state index in [9.17, 15) is 9.59 Å². The summed E-state index contributed by atoms with van der Waals surface area (Å²) < 4.78 is 10.4. The third-order valence-electron chi connectivity index (χ3n) is 5.16. The highest BCUT2D eigenvalue weighted by Gasteiger charge is 2.30. The Morgan fingerprint density at radius 3 is 1.41 bits per heavy atom. The highest BCUT2D eigenvalue weighted by molar-refractivity contribution is 6.70. The summed E-state index contributed by atoms with van der Waals surface area (Å²) in [5.74, 6) is 0.636. The summed E-state index contributed by atoms with van der Waals surface area (Å²) in [5, 5.41) is 21.2. The van der Waals surface area contributed by atoms with E-state index in [-0.39, 0.29) is 40.2 Å². The second kappa shape index (κ2) is 10.6. The number of aliphatic imine (C=N–C) groups is 4. The number of carbonyl (C=O) groups is 2. The van der Waals surface area contributed by atoms with Gasteiger partial charge in [-0.1, -0.05) is 0 Å². The predicted octanol–water partition coefficient (Wildman–Crippen LogP) is 0.744. The van der Waals surface area contributed by atoms with E-state index in [0.717, 1.165) is 0 Å². The number of nitrogen functional groups attached to an aromatic ring is 2. The van der Waals surface area contributed by atoms with Crippen molar-refractivity contribution in [2.45, 2.75) is 0 Å². The topological polar surface area (TPSA) is 260 Å². The summed E-state index contributed by atoms with van der Waals surface area (Å²) >= 11 is 0. The number of methoxy groups -OCH3 is 2. The molecule has 196 valence electrons. The smallest absolute Gasteiger partial charge is 0.303 e. The maximum Gasteiger partial charge on any atom is 0.303 e. The van der Waals surface area contributed by atoms with E-state index in [1.54, 1.807) is 36.4 Å². The largest absolute Gasteiger partial charge is 0.496 e. The number of amides is 2. The van der Waals surface area contributed by atoms with Gasteiger partial charge >= 0.3 is 11.8 Å². The molecule has 4 aliphatic heterocycles. The van der Waals surface area contributed by atoms with Gasteiger partial charge in [-0.05, 0) is 46.8 Å². The Hall–Kier alpha value is -5.84. The van der Waals surface area contributed by atoms with Crippen LogP contribution in [-0.2, 0) is 9.59 Å². The molecule has 17 nitrogen and oxygen atoms in total. The summed E-state index contributed by atoms with van der Waals surface area (Å²) in [6.45, 7) is 0. The van der Waals surface area contributed by atoms with E-state index in [1.165, 1.54) is 14.2 Å². The Morgan fingerprint density at radius 2 is 1.03 bits per heavy atom. The van der Waals surface area contributed by atoms with Gasteiger partial charge in [-0.2, -0.15) is 9.98 Å². The van der Waals surface area contributed by atoms with Crippen LogP contribution in [0, 0.1) is 0 Å². The molecule has 0 atom stereocenters. The third kappa shape index (κ3) is 5.04. The highest BCUT2D eigenvalue weighted by atomic mass is 16.5. The molecule has 4 heterocycles. The van der Waals surface area contributed by atoms with Crippen LogP contribution in [0.25, 0.3) is 0 Å². The molecular formula is C22H18N12O5. The first-order valence-electron chi connectivity index (χ1n) is 10.7. The van der Waals surface area contributed by atoms with E-state index in [2.05, 4.69) is 50.8 Å². The van der Waals surface area contributed by atoms with Gasteiger partial charge in [-0.15, -0.1) is 20.4 Å². The molecule has 2 amide bonds. The lowest BCUT2D eigenvalue weighted by Gasteiger charge is -2.11. The molecule has 0 fully saturated rings. The normalized spacial score (nSPS) is 16.3. The fourth-order valence-electron chi connectivity index (χ4n) is 3.42. The van der Waals surface area contributed by atoms with E-state index >= 15 is 0 Å². The zero-order chi connectivity index (χ0) is 26.8. The number of ether oxygens (including phenoxy) is 2. The average Bonchev–Trinajstić information content (AvgIpc) is 3.59. The minimum Gasteiger partial charge on any atom is -0.496 e. The Balaban J connectivity index is 0.000000176. The molecule has 0 saturated carbocycles. The Morgan fingerprint density at radius 1 is 0.615 bits per heavy atom. The number of anilines is 2. The van der Waals surface area contributed by atoms with Crippen LogP contribution in [0.1, 0.15) is 11.1 Å². The number of rotatable bonds is 4. The monoisotopic (exact) mass is 530 g/mol. The summed E-state index contributed by atoms with van der Waals surface area (Å²) in [4.78, 5) is 39.5. The molecule has 6 rings (SSSR count). The Kier molecular flexibility index (Phi) is 7.16. The van der Waals surface area contributed by atoms with Gasteiger partial charge in [0, 0.05) is 11.4 Å². The van der Waals surface area contributed by atoms with Gasteiger partial charge in [-0.3, -0.25) is 9.59 Å². The quantitative estimate of drug-likeness (QED) is 0.538. The minimum absolute atomic E-state index is 0. The van der Waals surface area contributed by atoms with Crippen LogP contribution in [0.5, 0.6) is 11.5 Å². The molecule has 0 saturated heterocycles. The van der Waals surface area contributed by atoms with Gasteiger partial charge in [0.25, 0.3) is 0 Å². The van der Waals surface area contributed by atoms with Crippen LogP contribution in [0.15, 0.2) is 87.2 Å². The standard InChI is InChI=1S/2C11H8N6O2.H2O/c2*1-19-7-3-2-5(12)4-6(7)9-13-10-8(11(18)14-9)15-17-16-10;/h2*2-4H,12H2,1H3;1H2. The van der Waals surface area contributed by atoms with Crippen LogP contribution >= 0.6 is 0 Å². The molecule has 0 unspecified atom stereocenters. The molecular weight excluding hydrogens is 512 g/mol. The fourth-order valence-corrected chi connectivity index (χ4v) is 3.42. The van der Waals surface area contributed by atoms with E-state index < -0.39 is 11.8 Å². The van der Waals surface area contributed by atoms with Crippen LogP contribution in [0.4, 0.5) is 11.4 Å². The van der Waals surface area contributed by atoms with E-state index in [4.69, 9.17) is 20.9 Å². The molecule has 0 bridgehead atoms. The number of nitrogens with zero attached hydrogens (tertiary/aromatic N) is 10. The summed E-state index contributed by atoms with van der Waals surface area (Å²) in [5.41, 5.74) is 13.6. The van der Waals surface area contributed by atoms with Crippen molar-refractivity contribution in [3.8, 4) is 11.5 Å². The van der Waals surface area contributed by atoms with Gasteiger partial charge in [0.15, 0.2) is 11.7 Å². The molecule has 39 heavy (non-hydrogen) atoms. The van der Waals surface area contributed by atoms with Crippen molar-refractivity contribution < 1.29 is 24.5 Å². The number of fused-ring (bicyclic) bond motifs is 2. The number of benzene rings is 2. The zero-order valence-corrected chi connectivity index (χ0v) is 20.2. The summed E-state index contributed by atoms with van der Waals surface area (Å²) in [7, 11) is 3.02. The maximum absolute atomic E-state index is 11.8. The number of nitrogens with two attached hydrogens (primary N) is 2. The molecule has 4 aliphatic rings. The molecule has 0 aromatic heterocycles. The fraction of sp³-hybridized carbons (Fsp3) is 0.0909. The lowest BCUT2D eigenvalue weighted by molar-refractivity contribution is -0.112. The van der Waals surface area contributed by atoms with Crippen molar-refractivity contribution in [3.05, 3.63) is 47.5 Å². The molecule has 2 aromatic carbocycles. The SMILES string of the molecule is COc1ccc(N)cc1C1=NC(=O)C2=NN=NC2=N1.COc1ccc(N)cc1C1=NC(=O)C2=NN=NC2=N1.O. The first-order chi connectivity index (χ1) is 18.4. The summed E-state index contributed by atoms with van der Waals surface area (Å²) in [6, 6.07) is 9.98. The van der Waals surface area contributed by atoms with Crippen molar-refractivity contribution >= 4 is 58.0 Å². The highest BCUT2D eigenvalue weighted by Crippen LogP contribution is 2.25. The number of hydrogen-bond acceptors (Lipinski definition) is 14. The van der Waals surface area contributed by atoms with E-state index in [1.807, 2.05) is 0 Å². The summed E-state index contributed by atoms with van der Waals surface area (Å²) in [6.07, 6.45) is 0. The number of carbonyl (C=O) groups excluding carboxylic acids is 2. The zero-order valence-electron chi connectivity index (χ0n) is 20.2. The van der Waals surface area contributed by atoms with Gasteiger partial charge in [0.1, 0.15) is 11.5 Å². The van der Waals surface area contributed by atoms with Crippen LogP contribution < -0.4 is 20.9 Å². The van der Waals surface area contributed by atoms with Crippen molar-refractivity contribution in [2.75, 3.05) is 25.7 Å². The predicted molar refractivity (Wildman–Crippen MR) is 141 cm³/mol. The third-order valence-corrected chi connectivity index (χ3v) is 5.16. The van der Waals surface area contributed by atoms with Crippen LogP contribution in [0.3, 0.4) is 0 Å². The number of amidine groups is 4. The second-order valence-corrected chi connectivity index (χ2v) is 7.55. The van der Waals surface area contributed by atoms with Gasteiger partial charge in [-0.25, -0.2) is 9.98 Å². The van der Waals surface area contributed by atoms with E-state index in [0.29, 0.717) is 34.0 Å². The second-order valence-electron chi connectivity index (χ2n) is 7.55. The van der Waals surface area contributed by atoms with Gasteiger partial charge in [0.2, 0.25) is 23.1 Å². The first kappa shape index (κ1) is 26.2. The lowest BCUT2D eigenvalue weighted by atomic mass is 10.1. The molecule has 0 radical (unpaired) electrons. The van der Waals surface area contributed by atoms with Crippen molar-refractivity contribution in [1.29, 1.82) is 0 Å². The maximum atomic E-state index is 11.8. The minimum atomic E-state index is -0.533. The van der Waals surface area contributed by atoms with Crippen molar-refractivity contribution in [3.63, 3.8) is 0 Å². The van der Waals surface area contributed by atoms with Gasteiger partial charge in [0.05, 0.1) is 25.3 Å². The Bertz CT molecular complexity index is 1530. The van der Waals surface area contributed by atoms with Crippen molar-refractivity contribution in [1.82, 2.24) is 0 Å². The Labute approximate surface area is 218 Å². The lowest BCUT2D eigenvalue weighted by Crippen LogP contribution is -2.26.